The molecule has 1 atom stereocenters. The molecule has 204 valence electrons. The number of halogens is 2. The van der Waals surface area contributed by atoms with Crippen LogP contribution in [0.1, 0.15) is 22.3 Å². The molecule has 0 radical (unpaired) electrons. The van der Waals surface area contributed by atoms with E-state index in [1.807, 2.05) is 11.8 Å². The number of fused-ring (bicyclic) bond motifs is 1. The lowest BCUT2D eigenvalue weighted by molar-refractivity contribution is 0.0695. The smallest absolute Gasteiger partial charge is 0.341 e. The molecule has 0 saturated carbocycles. The van der Waals surface area contributed by atoms with E-state index in [4.69, 9.17) is 10.3 Å². The van der Waals surface area contributed by atoms with Crippen LogP contribution in [-0.2, 0) is 10.1 Å². The highest BCUT2D eigenvalue weighted by molar-refractivity contribution is 7.85. The Morgan fingerprint density at radius 3 is 2.36 bits per heavy atom. The fourth-order valence-corrected chi connectivity index (χ4v) is 4.57. The van der Waals surface area contributed by atoms with Crippen LogP contribution in [0.25, 0.3) is 16.7 Å². The van der Waals surface area contributed by atoms with Gasteiger partial charge in [0.15, 0.2) is 5.65 Å². The summed E-state index contributed by atoms with van der Waals surface area (Å²) < 4.78 is 58.4. The summed E-state index contributed by atoms with van der Waals surface area (Å²) in [5, 5.41) is 9.38. The van der Waals surface area contributed by atoms with E-state index in [9.17, 15) is 31.9 Å². The minimum atomic E-state index is -4.02. The molecule has 39 heavy (non-hydrogen) atoms. The van der Waals surface area contributed by atoms with Gasteiger partial charge in [-0.3, -0.25) is 13.9 Å². The molecule has 1 unspecified atom stereocenters. The van der Waals surface area contributed by atoms with Gasteiger partial charge in [-0.15, -0.1) is 0 Å². The molecule has 13 heteroatoms. The van der Waals surface area contributed by atoms with Crippen molar-refractivity contribution in [2.75, 3.05) is 18.0 Å². The Balaban J connectivity index is 0.000000270. The molecule has 10 nitrogen and oxygen atoms in total. The Labute approximate surface area is 221 Å². The quantitative estimate of drug-likeness (QED) is 0.320. The lowest BCUT2D eigenvalue weighted by Crippen LogP contribution is -2.27. The van der Waals surface area contributed by atoms with Crippen LogP contribution in [0.4, 0.5) is 14.6 Å². The molecule has 4 N–H and O–H groups in total. The second-order valence-corrected chi connectivity index (χ2v) is 10.4. The predicted molar refractivity (Wildman–Crippen MR) is 140 cm³/mol. The Morgan fingerprint density at radius 2 is 1.79 bits per heavy atom. The monoisotopic (exact) mass is 558 g/mol. The standard InChI is InChI=1S/C19H16F2N4O3.C7H8O3S/c20-10-1-3-15(14(21)7-10)25-9-13(19(27)28)17(26)12-2-4-16(23-18(12)25)24-6-5-11(22)8-24;1-6-2-4-7(5-3-6)11(8,9)10/h1-4,7,9,11H,5-6,8,22H2,(H,27,28);2-5H,1H3,(H,8,9,10). The molecule has 2 aromatic carbocycles. The molecule has 3 heterocycles. The number of carbonyl (C=O) groups is 1. The number of rotatable bonds is 4. The molecule has 1 aliphatic rings. The van der Waals surface area contributed by atoms with Crippen molar-refractivity contribution in [1.82, 2.24) is 9.55 Å². The molecular weight excluding hydrogens is 534 g/mol. The number of aryl methyl sites for hydroxylation is 1. The number of pyridine rings is 2. The van der Waals surface area contributed by atoms with Crippen molar-refractivity contribution in [2.24, 2.45) is 5.73 Å². The van der Waals surface area contributed by atoms with E-state index in [1.54, 1.807) is 18.2 Å². The van der Waals surface area contributed by atoms with Crippen molar-refractivity contribution < 1.29 is 31.7 Å². The Bertz CT molecular complexity index is 1730. The van der Waals surface area contributed by atoms with E-state index in [0.29, 0.717) is 25.0 Å². The number of nitrogens with zero attached hydrogens (tertiary/aromatic N) is 3. The predicted octanol–water partition coefficient (Wildman–Crippen LogP) is 3.14. The van der Waals surface area contributed by atoms with E-state index in [-0.39, 0.29) is 27.7 Å². The van der Waals surface area contributed by atoms with Crippen LogP contribution < -0.4 is 16.1 Å². The van der Waals surface area contributed by atoms with E-state index in [2.05, 4.69) is 4.98 Å². The number of carboxylic acids is 1. The SMILES string of the molecule is Cc1ccc(S(=O)(=O)O)cc1.NC1CCN(c2ccc3c(=O)c(C(=O)O)cn(-c4ccc(F)cc4F)c3n2)C1. The van der Waals surface area contributed by atoms with Crippen molar-refractivity contribution >= 4 is 32.9 Å². The van der Waals surface area contributed by atoms with Crippen LogP contribution >= 0.6 is 0 Å². The first-order valence-corrected chi connectivity index (χ1v) is 13.1. The van der Waals surface area contributed by atoms with Gasteiger partial charge in [-0.2, -0.15) is 8.42 Å². The van der Waals surface area contributed by atoms with Gasteiger partial charge in [0.1, 0.15) is 23.0 Å². The maximum atomic E-state index is 14.4. The molecule has 0 amide bonds. The van der Waals surface area contributed by atoms with Crippen molar-refractivity contribution in [3.05, 3.63) is 93.8 Å². The average molecular weight is 559 g/mol. The van der Waals surface area contributed by atoms with Gasteiger partial charge in [0.25, 0.3) is 10.1 Å². The summed E-state index contributed by atoms with van der Waals surface area (Å²) >= 11 is 0. The summed E-state index contributed by atoms with van der Waals surface area (Å²) in [4.78, 5) is 30.4. The first-order valence-electron chi connectivity index (χ1n) is 11.6. The van der Waals surface area contributed by atoms with Crippen LogP contribution in [0.5, 0.6) is 0 Å². The number of aromatic carboxylic acids is 1. The molecule has 1 fully saturated rings. The summed E-state index contributed by atoms with van der Waals surface area (Å²) in [6.07, 6.45) is 1.80. The van der Waals surface area contributed by atoms with Crippen molar-refractivity contribution in [3.8, 4) is 5.69 Å². The van der Waals surface area contributed by atoms with Gasteiger partial charge in [-0.05, 0) is 49.7 Å². The lowest BCUT2D eigenvalue weighted by Gasteiger charge is -2.19. The molecule has 5 rings (SSSR count). The van der Waals surface area contributed by atoms with Crippen LogP contribution in [-0.4, -0.2) is 52.7 Å². The third-order valence-electron chi connectivity index (χ3n) is 6.10. The summed E-state index contributed by atoms with van der Waals surface area (Å²) in [6, 6.07) is 12.0. The molecule has 0 spiro atoms. The van der Waals surface area contributed by atoms with Crippen molar-refractivity contribution in [3.63, 3.8) is 0 Å². The first kappa shape index (κ1) is 27.8. The number of anilines is 1. The number of hydrogen-bond donors (Lipinski definition) is 3. The zero-order chi connectivity index (χ0) is 28.5. The van der Waals surface area contributed by atoms with E-state index in [0.717, 1.165) is 28.8 Å². The molecular formula is C26H24F2N4O6S. The molecule has 4 aromatic rings. The fourth-order valence-electron chi connectivity index (χ4n) is 4.09. The maximum absolute atomic E-state index is 14.4. The largest absolute Gasteiger partial charge is 0.477 e. The number of hydrogen-bond acceptors (Lipinski definition) is 7. The normalized spacial score (nSPS) is 15.2. The second-order valence-electron chi connectivity index (χ2n) is 8.97. The Kier molecular flexibility index (Phi) is 7.77. The zero-order valence-corrected chi connectivity index (χ0v) is 21.4. The minimum Gasteiger partial charge on any atom is -0.477 e. The van der Waals surface area contributed by atoms with Gasteiger partial charge in [0.05, 0.1) is 16.0 Å². The number of benzene rings is 2. The molecule has 1 aliphatic heterocycles. The van der Waals surface area contributed by atoms with Gasteiger partial charge in [-0.1, -0.05) is 17.7 Å². The van der Waals surface area contributed by atoms with E-state index < -0.39 is 38.7 Å². The minimum absolute atomic E-state index is 0.00335. The van der Waals surface area contributed by atoms with Gasteiger partial charge in [0.2, 0.25) is 5.43 Å². The van der Waals surface area contributed by atoms with Gasteiger partial charge >= 0.3 is 5.97 Å². The Hall–Kier alpha value is -4.20. The Morgan fingerprint density at radius 1 is 1.10 bits per heavy atom. The molecule has 1 saturated heterocycles. The lowest BCUT2D eigenvalue weighted by atomic mass is 10.1. The summed E-state index contributed by atoms with van der Waals surface area (Å²) in [5.74, 6) is -2.58. The van der Waals surface area contributed by atoms with Gasteiger partial charge in [-0.25, -0.2) is 18.6 Å². The van der Waals surface area contributed by atoms with Crippen molar-refractivity contribution in [2.45, 2.75) is 24.3 Å². The van der Waals surface area contributed by atoms with Gasteiger partial charge in [0, 0.05) is 31.4 Å². The molecule has 2 aromatic heterocycles. The molecule has 0 aliphatic carbocycles. The topological polar surface area (TPSA) is 156 Å². The van der Waals surface area contributed by atoms with Crippen molar-refractivity contribution in [1.29, 1.82) is 0 Å². The average Bonchev–Trinajstić information content (AvgIpc) is 3.31. The fraction of sp³-hybridized carbons (Fsp3) is 0.192. The van der Waals surface area contributed by atoms with E-state index in [1.165, 1.54) is 24.3 Å². The van der Waals surface area contributed by atoms with Crippen LogP contribution in [0.3, 0.4) is 0 Å². The first-order chi connectivity index (χ1) is 18.3. The highest BCUT2D eigenvalue weighted by atomic mass is 32.2. The van der Waals surface area contributed by atoms with Crippen LogP contribution in [0.15, 0.2) is 70.5 Å². The van der Waals surface area contributed by atoms with Crippen LogP contribution in [0.2, 0.25) is 0 Å². The summed E-state index contributed by atoms with van der Waals surface area (Å²) in [7, 11) is -4.02. The zero-order valence-electron chi connectivity index (χ0n) is 20.6. The third-order valence-corrected chi connectivity index (χ3v) is 6.97. The number of aromatic nitrogens is 2. The highest BCUT2D eigenvalue weighted by Crippen LogP contribution is 2.24. The number of carboxylic acid groups (broad SMARTS) is 1. The molecule has 0 bridgehead atoms. The third kappa shape index (κ3) is 6.11. The second kappa shape index (κ2) is 10.9. The van der Waals surface area contributed by atoms with Gasteiger partial charge < -0.3 is 15.7 Å². The summed E-state index contributed by atoms with van der Waals surface area (Å²) in [5.41, 5.74) is 5.60. The maximum Gasteiger partial charge on any atom is 0.341 e. The number of nitrogens with two attached hydrogens (primary N) is 1. The van der Waals surface area contributed by atoms with Crippen LogP contribution in [0, 0.1) is 18.6 Å². The highest BCUT2D eigenvalue weighted by Gasteiger charge is 2.23. The summed E-state index contributed by atoms with van der Waals surface area (Å²) in [6.45, 7) is 3.11. The van der Waals surface area contributed by atoms with E-state index >= 15 is 0 Å².